The van der Waals surface area contributed by atoms with E-state index in [4.69, 9.17) is 0 Å². The molecule has 30 heavy (non-hydrogen) atoms. The Balaban J connectivity index is 1.78. The van der Waals surface area contributed by atoms with E-state index in [-0.39, 0.29) is 16.4 Å². The topological polar surface area (TPSA) is 84.0 Å². The van der Waals surface area contributed by atoms with Crippen molar-refractivity contribution in [1.29, 1.82) is 0 Å². The van der Waals surface area contributed by atoms with Crippen LogP contribution in [-0.4, -0.2) is 27.0 Å². The van der Waals surface area contributed by atoms with Crippen LogP contribution in [0.2, 0.25) is 0 Å². The second kappa shape index (κ2) is 8.70. The van der Waals surface area contributed by atoms with Gasteiger partial charge < -0.3 is 10.6 Å². The summed E-state index contributed by atoms with van der Waals surface area (Å²) in [5, 5.41) is 5.11. The summed E-state index contributed by atoms with van der Waals surface area (Å²) < 4.78 is 39.5. The largest absolute Gasteiger partial charge is 0.451 e. The number of rotatable bonds is 5. The van der Waals surface area contributed by atoms with Crippen molar-refractivity contribution in [1.82, 2.24) is 9.97 Å². The van der Waals surface area contributed by atoms with Crippen LogP contribution in [0.25, 0.3) is 10.9 Å². The van der Waals surface area contributed by atoms with E-state index in [0.717, 1.165) is 11.8 Å². The van der Waals surface area contributed by atoms with E-state index in [9.17, 15) is 22.8 Å². The monoisotopic (exact) mass is 434 g/mol. The third-order valence-electron chi connectivity index (χ3n) is 3.95. The smallest absolute Gasteiger partial charge is 0.326 e. The molecule has 1 atom stereocenters. The van der Waals surface area contributed by atoms with Gasteiger partial charge in [-0.2, -0.15) is 13.2 Å². The number of nitrogens with one attached hydrogen (secondary N) is 2. The maximum atomic E-state index is 13.2. The van der Waals surface area contributed by atoms with Gasteiger partial charge in [-0.3, -0.25) is 9.59 Å². The molecule has 0 fully saturated rings. The number of anilines is 2. The predicted molar refractivity (Wildman–Crippen MR) is 109 cm³/mol. The summed E-state index contributed by atoms with van der Waals surface area (Å²) in [7, 11) is 0. The van der Waals surface area contributed by atoms with Crippen LogP contribution in [0.15, 0.2) is 53.6 Å². The van der Waals surface area contributed by atoms with Crippen LogP contribution in [-0.2, 0) is 15.8 Å². The Kier molecular flexibility index (Phi) is 6.25. The second-order valence-corrected chi connectivity index (χ2v) is 7.70. The Hall–Kier alpha value is -3.14. The lowest BCUT2D eigenvalue weighted by atomic mass is 10.2. The Morgan fingerprint density at radius 3 is 2.17 bits per heavy atom. The molecule has 6 nitrogen and oxygen atoms in total. The summed E-state index contributed by atoms with van der Waals surface area (Å²) in [6, 6.07) is 12.8. The van der Waals surface area contributed by atoms with Gasteiger partial charge in [0.2, 0.25) is 17.6 Å². The lowest BCUT2D eigenvalue weighted by molar-refractivity contribution is -0.145. The maximum Gasteiger partial charge on any atom is 0.451 e. The second-order valence-electron chi connectivity index (χ2n) is 6.38. The van der Waals surface area contributed by atoms with Gasteiger partial charge in [0.05, 0.1) is 10.8 Å². The van der Waals surface area contributed by atoms with Crippen molar-refractivity contribution in [2.45, 2.75) is 30.3 Å². The molecule has 2 amide bonds. The summed E-state index contributed by atoms with van der Waals surface area (Å²) in [6.07, 6.45) is -4.69. The molecule has 0 unspecified atom stereocenters. The van der Waals surface area contributed by atoms with Crippen LogP contribution in [0.3, 0.4) is 0 Å². The predicted octanol–water partition coefficient (Wildman–Crippen LogP) is 4.73. The molecule has 0 radical (unpaired) electrons. The van der Waals surface area contributed by atoms with Crippen molar-refractivity contribution < 1.29 is 22.8 Å². The van der Waals surface area contributed by atoms with Crippen LogP contribution in [0.4, 0.5) is 24.5 Å². The molecule has 2 N–H and O–H groups in total. The molecule has 3 rings (SSSR count). The highest BCUT2D eigenvalue weighted by Crippen LogP contribution is 2.33. The summed E-state index contributed by atoms with van der Waals surface area (Å²) in [4.78, 5) is 30.8. The Morgan fingerprint density at radius 1 is 0.967 bits per heavy atom. The quantitative estimate of drug-likeness (QED) is 0.448. The number of carbonyl (C=O) groups excluding carboxylic acids is 2. The number of hydrogen-bond acceptors (Lipinski definition) is 5. The van der Waals surface area contributed by atoms with E-state index < -0.39 is 23.2 Å². The molecule has 1 aromatic heterocycles. The number of aromatic nitrogens is 2. The molecule has 1 heterocycles. The average Bonchev–Trinajstić information content (AvgIpc) is 2.68. The molecule has 0 aliphatic carbocycles. The number of para-hydroxylation sites is 1. The number of carbonyl (C=O) groups is 2. The third-order valence-corrected chi connectivity index (χ3v) is 5.05. The molecule has 2 aromatic carbocycles. The van der Waals surface area contributed by atoms with Crippen molar-refractivity contribution in [3.8, 4) is 0 Å². The SMILES string of the molecule is CC(=O)Nc1ccc(NC(=O)[C@@H](C)Sc2nc(C(F)(F)F)nc3ccccc23)cc1. The summed E-state index contributed by atoms with van der Waals surface area (Å²) in [5.74, 6) is -1.86. The first-order chi connectivity index (χ1) is 14.1. The van der Waals surface area contributed by atoms with Crippen molar-refractivity contribution in [3.05, 3.63) is 54.4 Å². The van der Waals surface area contributed by atoms with Crippen LogP contribution in [0, 0.1) is 0 Å². The molecule has 0 saturated heterocycles. The normalized spacial score (nSPS) is 12.4. The van der Waals surface area contributed by atoms with Gasteiger partial charge in [-0.25, -0.2) is 9.97 Å². The maximum absolute atomic E-state index is 13.2. The van der Waals surface area contributed by atoms with Crippen LogP contribution in [0.1, 0.15) is 19.7 Å². The van der Waals surface area contributed by atoms with Crippen molar-refractivity contribution in [3.63, 3.8) is 0 Å². The minimum absolute atomic E-state index is 0.0802. The first-order valence-electron chi connectivity index (χ1n) is 8.82. The molecule has 0 saturated carbocycles. The van der Waals surface area contributed by atoms with Crippen molar-refractivity contribution in [2.24, 2.45) is 0 Å². The lowest BCUT2D eigenvalue weighted by Crippen LogP contribution is -2.23. The van der Waals surface area contributed by atoms with Crippen LogP contribution >= 0.6 is 11.8 Å². The van der Waals surface area contributed by atoms with E-state index >= 15 is 0 Å². The highest BCUT2D eigenvalue weighted by Gasteiger charge is 2.35. The van der Waals surface area contributed by atoms with Crippen molar-refractivity contribution >= 4 is 45.9 Å². The van der Waals surface area contributed by atoms with E-state index in [1.807, 2.05) is 0 Å². The van der Waals surface area contributed by atoms with E-state index in [1.165, 1.54) is 13.0 Å². The zero-order chi connectivity index (χ0) is 21.9. The molecule has 0 spiro atoms. The van der Waals surface area contributed by atoms with Gasteiger partial charge in [0, 0.05) is 23.7 Å². The highest BCUT2D eigenvalue weighted by molar-refractivity contribution is 8.00. The lowest BCUT2D eigenvalue weighted by Gasteiger charge is -2.14. The van der Waals surface area contributed by atoms with Crippen molar-refractivity contribution in [2.75, 3.05) is 10.6 Å². The fourth-order valence-electron chi connectivity index (χ4n) is 2.57. The fraction of sp³-hybridized carbons (Fsp3) is 0.200. The number of thioether (sulfide) groups is 1. The first-order valence-corrected chi connectivity index (χ1v) is 9.70. The molecule has 3 aromatic rings. The number of alkyl halides is 3. The first kappa shape index (κ1) is 21.6. The number of amides is 2. The summed E-state index contributed by atoms with van der Waals surface area (Å²) >= 11 is 0.922. The zero-order valence-corrected chi connectivity index (χ0v) is 16.8. The number of benzene rings is 2. The van der Waals surface area contributed by atoms with Gasteiger partial charge in [0.1, 0.15) is 5.03 Å². The van der Waals surface area contributed by atoms with Gasteiger partial charge in [0.25, 0.3) is 0 Å². The van der Waals surface area contributed by atoms with Gasteiger partial charge in [-0.15, -0.1) is 0 Å². The minimum Gasteiger partial charge on any atom is -0.326 e. The number of nitrogens with zero attached hydrogens (tertiary/aromatic N) is 2. The molecule has 0 aliphatic heterocycles. The number of fused-ring (bicyclic) bond motifs is 1. The Morgan fingerprint density at radius 2 is 1.57 bits per heavy atom. The number of hydrogen-bond donors (Lipinski definition) is 2. The van der Waals surface area contributed by atoms with E-state index in [2.05, 4.69) is 20.6 Å². The third kappa shape index (κ3) is 5.26. The van der Waals surface area contributed by atoms with E-state index in [0.29, 0.717) is 16.8 Å². The number of halogens is 3. The highest BCUT2D eigenvalue weighted by atomic mass is 32.2. The Bertz CT molecular complexity index is 1090. The molecule has 10 heteroatoms. The minimum atomic E-state index is -4.69. The van der Waals surface area contributed by atoms with Gasteiger partial charge >= 0.3 is 6.18 Å². The van der Waals surface area contributed by atoms with Crippen LogP contribution in [0.5, 0.6) is 0 Å². The summed E-state index contributed by atoms with van der Waals surface area (Å²) in [6.45, 7) is 2.96. The zero-order valence-electron chi connectivity index (χ0n) is 15.9. The fourth-order valence-corrected chi connectivity index (χ4v) is 3.51. The molecular formula is C20H17F3N4O2S. The van der Waals surface area contributed by atoms with E-state index in [1.54, 1.807) is 49.4 Å². The van der Waals surface area contributed by atoms with Gasteiger partial charge in [0.15, 0.2) is 0 Å². The molecule has 0 aliphatic rings. The standard InChI is InChI=1S/C20H17F3N4O2S/c1-11(17(29)25-14-9-7-13(8-10-14)24-12(2)28)30-18-15-5-3-4-6-16(15)26-19(27-18)20(21,22)23/h3-11H,1-2H3,(H,24,28)(H,25,29)/t11-/m1/s1. The van der Waals surface area contributed by atoms with Gasteiger partial charge in [-0.1, -0.05) is 30.0 Å². The average molecular weight is 434 g/mol. The Labute approximate surface area is 174 Å². The van der Waals surface area contributed by atoms with Crippen LogP contribution < -0.4 is 10.6 Å². The molecular weight excluding hydrogens is 417 g/mol. The molecule has 0 bridgehead atoms. The molecule has 156 valence electrons. The summed E-state index contributed by atoms with van der Waals surface area (Å²) in [5.41, 5.74) is 1.23. The van der Waals surface area contributed by atoms with Gasteiger partial charge in [-0.05, 0) is 37.3 Å².